The Bertz CT molecular complexity index is 1280. The van der Waals surface area contributed by atoms with Crippen molar-refractivity contribution >= 4 is 64.2 Å². The van der Waals surface area contributed by atoms with E-state index in [1.165, 1.54) is 4.90 Å². The van der Waals surface area contributed by atoms with Crippen molar-refractivity contribution in [3.63, 3.8) is 0 Å². The number of halogens is 3. The molecule has 0 aliphatic carbocycles. The number of carbonyl (C=O) groups is 2. The molecule has 3 amide bonds. The molecule has 2 aliphatic rings. The summed E-state index contributed by atoms with van der Waals surface area (Å²) in [5.74, 6) is 1.25. The van der Waals surface area contributed by atoms with Gasteiger partial charge in [0.1, 0.15) is 23.8 Å². The minimum atomic E-state index is -0.508. The monoisotopic (exact) mass is 548 g/mol. The number of nitrogens with zero attached hydrogens (tertiary/aromatic N) is 2. The predicted molar refractivity (Wildman–Crippen MR) is 139 cm³/mol. The molecule has 0 N–H and O–H groups in total. The fraction of sp³-hybridized carbons (Fsp3) is 0.200. The van der Waals surface area contributed by atoms with Gasteiger partial charge in [0.05, 0.1) is 22.8 Å². The maximum absolute atomic E-state index is 13.3. The Morgan fingerprint density at radius 1 is 1.00 bits per heavy atom. The lowest BCUT2D eigenvalue weighted by Crippen LogP contribution is -2.33. The van der Waals surface area contributed by atoms with Gasteiger partial charge in [-0.15, -0.1) is 11.8 Å². The number of imide groups is 1. The van der Waals surface area contributed by atoms with E-state index in [0.717, 1.165) is 11.1 Å². The molecule has 6 nitrogen and oxygen atoms in total. The van der Waals surface area contributed by atoms with E-state index in [1.807, 2.05) is 24.3 Å². The van der Waals surface area contributed by atoms with E-state index in [-0.39, 0.29) is 23.9 Å². The summed E-state index contributed by atoms with van der Waals surface area (Å²) in [6.45, 7) is 0.127. The lowest BCUT2D eigenvalue weighted by atomic mass is 10.1. The van der Waals surface area contributed by atoms with Crippen molar-refractivity contribution in [2.24, 2.45) is 0 Å². The standard InChI is InChI=1S/C25H19Cl3N2O4S/c1-33-21-8-7-14(9-15(21)12-34-22-18(27)10-16(26)11-19(22)28)24-30-20(13-35-24)23(31)29(25(30)32)17-5-3-2-4-6-17/h2-11,20,24H,12-13H2,1H3. The molecule has 2 atom stereocenters. The van der Waals surface area contributed by atoms with E-state index in [9.17, 15) is 9.59 Å². The van der Waals surface area contributed by atoms with Gasteiger partial charge in [0.15, 0.2) is 5.75 Å². The third-order valence-corrected chi connectivity index (χ3v) is 7.96. The van der Waals surface area contributed by atoms with Crippen LogP contribution in [0.1, 0.15) is 16.5 Å². The Balaban J connectivity index is 1.42. The van der Waals surface area contributed by atoms with E-state index in [1.54, 1.807) is 60.2 Å². The Kier molecular flexibility index (Phi) is 6.77. The van der Waals surface area contributed by atoms with Gasteiger partial charge in [0, 0.05) is 16.3 Å². The van der Waals surface area contributed by atoms with Crippen LogP contribution in [0.5, 0.6) is 11.5 Å². The first-order valence-electron chi connectivity index (χ1n) is 10.7. The Labute approximate surface area is 221 Å². The summed E-state index contributed by atoms with van der Waals surface area (Å²) in [6, 6.07) is 16.9. The average Bonchev–Trinajstić information content (AvgIpc) is 3.38. The largest absolute Gasteiger partial charge is 0.496 e. The average molecular weight is 550 g/mol. The molecule has 0 spiro atoms. The summed E-state index contributed by atoms with van der Waals surface area (Å²) in [5.41, 5.74) is 2.18. The Morgan fingerprint density at radius 2 is 1.71 bits per heavy atom. The quantitative estimate of drug-likeness (QED) is 0.316. The number of amides is 3. The molecule has 2 unspecified atom stereocenters. The van der Waals surface area contributed by atoms with Crippen LogP contribution < -0.4 is 14.4 Å². The van der Waals surface area contributed by atoms with Crippen LogP contribution in [-0.2, 0) is 11.4 Å². The zero-order valence-electron chi connectivity index (χ0n) is 18.4. The third kappa shape index (κ3) is 4.42. The highest BCUT2D eigenvalue weighted by atomic mass is 35.5. The summed E-state index contributed by atoms with van der Waals surface area (Å²) >= 11 is 20.1. The molecule has 3 aromatic carbocycles. The fourth-order valence-electron chi connectivity index (χ4n) is 4.24. The van der Waals surface area contributed by atoms with Gasteiger partial charge in [-0.3, -0.25) is 9.69 Å². The minimum Gasteiger partial charge on any atom is -0.496 e. The number of anilines is 1. The van der Waals surface area contributed by atoms with Crippen molar-refractivity contribution in [1.82, 2.24) is 4.90 Å². The van der Waals surface area contributed by atoms with Crippen molar-refractivity contribution < 1.29 is 19.1 Å². The number of rotatable bonds is 6. The summed E-state index contributed by atoms with van der Waals surface area (Å²) in [5, 5.41) is 0.689. The van der Waals surface area contributed by atoms with E-state index in [4.69, 9.17) is 44.3 Å². The summed E-state index contributed by atoms with van der Waals surface area (Å²) < 4.78 is 11.4. The van der Waals surface area contributed by atoms with Gasteiger partial charge in [0.25, 0.3) is 5.91 Å². The molecule has 0 saturated carbocycles. The molecule has 35 heavy (non-hydrogen) atoms. The molecule has 0 radical (unpaired) electrons. The van der Waals surface area contributed by atoms with Crippen LogP contribution in [0.2, 0.25) is 15.1 Å². The van der Waals surface area contributed by atoms with Crippen LogP contribution >= 0.6 is 46.6 Å². The topological polar surface area (TPSA) is 59.1 Å². The SMILES string of the molecule is COc1ccc(C2SCC3C(=O)N(c4ccccc4)C(=O)N32)cc1COc1c(Cl)cc(Cl)cc1Cl. The van der Waals surface area contributed by atoms with Gasteiger partial charge >= 0.3 is 6.03 Å². The van der Waals surface area contributed by atoms with Gasteiger partial charge in [-0.25, -0.2) is 9.69 Å². The zero-order chi connectivity index (χ0) is 24.7. The third-order valence-electron chi connectivity index (χ3n) is 5.86. The lowest BCUT2D eigenvalue weighted by Gasteiger charge is -2.24. The smallest absolute Gasteiger partial charge is 0.333 e. The summed E-state index contributed by atoms with van der Waals surface area (Å²) in [4.78, 5) is 29.3. The Hall–Kier alpha value is -2.58. The highest BCUT2D eigenvalue weighted by Crippen LogP contribution is 2.47. The minimum absolute atomic E-state index is 0.127. The molecular weight excluding hydrogens is 531 g/mol. The summed E-state index contributed by atoms with van der Waals surface area (Å²) in [7, 11) is 1.57. The zero-order valence-corrected chi connectivity index (χ0v) is 21.5. The number of benzene rings is 3. The first kappa shape index (κ1) is 24.1. The molecule has 2 saturated heterocycles. The van der Waals surface area contributed by atoms with Crippen molar-refractivity contribution in [3.8, 4) is 11.5 Å². The van der Waals surface area contributed by atoms with Crippen molar-refractivity contribution in [2.45, 2.75) is 18.0 Å². The van der Waals surface area contributed by atoms with Crippen LogP contribution in [0.3, 0.4) is 0 Å². The number of hydrogen-bond donors (Lipinski definition) is 0. The van der Waals surface area contributed by atoms with E-state index < -0.39 is 6.04 Å². The normalized spacial score (nSPS) is 19.3. The number of carbonyl (C=O) groups excluding carboxylic acids is 2. The summed E-state index contributed by atoms with van der Waals surface area (Å²) in [6.07, 6.45) is 0. The lowest BCUT2D eigenvalue weighted by molar-refractivity contribution is -0.119. The molecule has 180 valence electrons. The first-order chi connectivity index (χ1) is 16.9. The number of ether oxygens (including phenoxy) is 2. The molecule has 2 heterocycles. The van der Waals surface area contributed by atoms with Crippen molar-refractivity contribution in [3.05, 3.63) is 86.9 Å². The molecule has 3 aromatic rings. The van der Waals surface area contributed by atoms with Crippen LogP contribution in [-0.4, -0.2) is 35.7 Å². The van der Waals surface area contributed by atoms with Crippen LogP contribution in [0.15, 0.2) is 60.7 Å². The molecule has 10 heteroatoms. The highest BCUT2D eigenvalue weighted by Gasteiger charge is 2.53. The van der Waals surface area contributed by atoms with Gasteiger partial charge in [-0.2, -0.15) is 0 Å². The second-order valence-electron chi connectivity index (χ2n) is 7.96. The van der Waals surface area contributed by atoms with E-state index in [2.05, 4.69) is 0 Å². The maximum atomic E-state index is 13.3. The molecule has 0 bridgehead atoms. The fourth-order valence-corrected chi connectivity index (χ4v) is 6.57. The van der Waals surface area contributed by atoms with Gasteiger partial charge in [0.2, 0.25) is 0 Å². The number of methoxy groups -OCH3 is 1. The van der Waals surface area contributed by atoms with Gasteiger partial charge in [-0.05, 0) is 42.0 Å². The molecule has 2 fully saturated rings. The van der Waals surface area contributed by atoms with Crippen LogP contribution in [0.25, 0.3) is 0 Å². The van der Waals surface area contributed by atoms with Gasteiger partial charge in [-0.1, -0.05) is 59.1 Å². The van der Waals surface area contributed by atoms with Crippen molar-refractivity contribution in [1.29, 1.82) is 0 Å². The van der Waals surface area contributed by atoms with E-state index in [0.29, 0.717) is 38.0 Å². The maximum Gasteiger partial charge on any atom is 0.333 e. The highest BCUT2D eigenvalue weighted by molar-refractivity contribution is 7.99. The molecule has 5 rings (SSSR count). The first-order valence-corrected chi connectivity index (χ1v) is 12.8. The van der Waals surface area contributed by atoms with Gasteiger partial charge < -0.3 is 9.47 Å². The van der Waals surface area contributed by atoms with Crippen LogP contribution in [0, 0.1) is 0 Å². The second kappa shape index (κ2) is 9.82. The second-order valence-corrected chi connectivity index (χ2v) is 10.3. The number of para-hydroxylation sites is 1. The number of hydrogen-bond acceptors (Lipinski definition) is 5. The van der Waals surface area contributed by atoms with E-state index >= 15 is 0 Å². The van der Waals surface area contributed by atoms with Crippen LogP contribution in [0.4, 0.5) is 10.5 Å². The number of urea groups is 1. The predicted octanol–water partition coefficient (Wildman–Crippen LogP) is 6.82. The molecule has 2 aliphatic heterocycles. The van der Waals surface area contributed by atoms with Crippen molar-refractivity contribution in [2.75, 3.05) is 17.8 Å². The number of fused-ring (bicyclic) bond motifs is 1. The molecule has 0 aromatic heterocycles. The number of thioether (sulfide) groups is 1. The Morgan fingerprint density at radius 3 is 2.40 bits per heavy atom. The molecular formula is C25H19Cl3N2O4S.